The van der Waals surface area contributed by atoms with Crippen molar-refractivity contribution in [3.05, 3.63) is 17.5 Å². The second-order valence-electron chi connectivity index (χ2n) is 2.41. The fourth-order valence-electron chi connectivity index (χ4n) is 0.831. The number of aryl methyl sites for hydroxylation is 1. The first-order chi connectivity index (χ1) is 5.65. The van der Waals surface area contributed by atoms with Gasteiger partial charge < -0.3 is 0 Å². The Morgan fingerprint density at radius 3 is 2.58 bits per heavy atom. The molecule has 5 heteroatoms. The van der Waals surface area contributed by atoms with Crippen molar-refractivity contribution in [1.29, 1.82) is 0 Å². The Hall–Kier alpha value is -1.00. The smallest absolute Gasteiger partial charge is 0.275 e. The molecular weight excluding hydrogens is 169 g/mol. The lowest BCUT2D eigenvalue weighted by Gasteiger charge is -2.00. The van der Waals surface area contributed by atoms with Crippen LogP contribution in [0.4, 0.5) is 13.2 Å². The third-order valence-corrected chi connectivity index (χ3v) is 1.54. The second-order valence-corrected chi connectivity index (χ2v) is 2.41. The number of hydrogen-bond acceptors (Lipinski definition) is 1. The summed E-state index contributed by atoms with van der Waals surface area (Å²) < 4.78 is 36.2. The Morgan fingerprint density at radius 1 is 1.50 bits per heavy atom. The quantitative estimate of drug-likeness (QED) is 0.755. The largest absolute Gasteiger partial charge is 0.282 e. The van der Waals surface area contributed by atoms with Gasteiger partial charge in [-0.1, -0.05) is 6.92 Å². The molecule has 1 unspecified atom stereocenters. The Bertz CT molecular complexity index is 247. The van der Waals surface area contributed by atoms with E-state index in [1.165, 1.54) is 6.07 Å². The Labute approximate surface area is 67.8 Å². The molecule has 2 nitrogen and oxygen atoms in total. The van der Waals surface area contributed by atoms with Crippen LogP contribution < -0.4 is 0 Å². The summed E-state index contributed by atoms with van der Waals surface area (Å²) in [5.74, 6) is 0. The first-order valence-corrected chi connectivity index (χ1v) is 3.61. The zero-order chi connectivity index (χ0) is 9.14. The maximum absolute atomic E-state index is 12.6. The number of hydrogen-bond donors (Lipinski definition) is 1. The van der Waals surface area contributed by atoms with Gasteiger partial charge in [-0.05, 0) is 12.5 Å². The van der Waals surface area contributed by atoms with E-state index in [0.29, 0.717) is 12.1 Å². The van der Waals surface area contributed by atoms with Crippen LogP contribution in [0, 0.1) is 0 Å². The second kappa shape index (κ2) is 3.60. The summed E-state index contributed by atoms with van der Waals surface area (Å²) in [4.78, 5) is 0. The van der Waals surface area contributed by atoms with Crippen LogP contribution in [-0.2, 0) is 6.42 Å². The van der Waals surface area contributed by atoms with Gasteiger partial charge in [-0.25, -0.2) is 13.2 Å². The van der Waals surface area contributed by atoms with Crippen molar-refractivity contribution in [1.82, 2.24) is 10.2 Å². The SMILES string of the molecule is CCc1cc(C(F)C(F)F)n[nH]1. The summed E-state index contributed by atoms with van der Waals surface area (Å²) in [6, 6.07) is 1.32. The van der Waals surface area contributed by atoms with E-state index in [-0.39, 0.29) is 5.69 Å². The van der Waals surface area contributed by atoms with Crippen molar-refractivity contribution in [3.8, 4) is 0 Å². The number of aromatic nitrogens is 2. The minimum absolute atomic E-state index is 0.221. The molecule has 1 aromatic rings. The highest BCUT2D eigenvalue weighted by atomic mass is 19.3. The van der Waals surface area contributed by atoms with Gasteiger partial charge in [0.25, 0.3) is 6.43 Å². The molecule has 1 atom stereocenters. The Kier molecular flexibility index (Phi) is 2.73. The maximum Gasteiger partial charge on any atom is 0.275 e. The maximum atomic E-state index is 12.6. The molecule has 0 aliphatic heterocycles. The molecule has 1 heterocycles. The zero-order valence-corrected chi connectivity index (χ0v) is 6.52. The van der Waals surface area contributed by atoms with E-state index < -0.39 is 12.6 Å². The standard InChI is InChI=1S/C7H9F3N2/c1-2-4-3-5(12-11-4)6(8)7(9)10/h3,6-7H,2H2,1H3,(H,11,12). The van der Waals surface area contributed by atoms with Crippen molar-refractivity contribution in [2.75, 3.05) is 0 Å². The Morgan fingerprint density at radius 2 is 2.17 bits per heavy atom. The summed E-state index contributed by atoms with van der Waals surface area (Å²) in [7, 11) is 0. The zero-order valence-electron chi connectivity index (χ0n) is 6.52. The monoisotopic (exact) mass is 178 g/mol. The van der Waals surface area contributed by atoms with Crippen LogP contribution in [0.15, 0.2) is 6.07 Å². The number of H-pyrrole nitrogens is 1. The van der Waals surface area contributed by atoms with Gasteiger partial charge in [0, 0.05) is 5.69 Å². The minimum atomic E-state index is -3.00. The lowest BCUT2D eigenvalue weighted by atomic mass is 10.2. The highest BCUT2D eigenvalue weighted by Crippen LogP contribution is 2.23. The van der Waals surface area contributed by atoms with Gasteiger partial charge in [0.2, 0.25) is 6.17 Å². The van der Waals surface area contributed by atoms with Crippen molar-refractivity contribution < 1.29 is 13.2 Å². The fourth-order valence-corrected chi connectivity index (χ4v) is 0.831. The summed E-state index contributed by atoms with van der Waals surface area (Å²) in [5, 5.41) is 5.90. The predicted molar refractivity (Wildman–Crippen MR) is 37.8 cm³/mol. The molecular formula is C7H9F3N2. The molecule has 1 rings (SSSR count). The minimum Gasteiger partial charge on any atom is -0.282 e. The highest BCUT2D eigenvalue weighted by molar-refractivity contribution is 5.11. The van der Waals surface area contributed by atoms with Gasteiger partial charge in [0.15, 0.2) is 0 Å². The van der Waals surface area contributed by atoms with E-state index in [9.17, 15) is 13.2 Å². The molecule has 0 spiro atoms. The number of nitrogens with zero attached hydrogens (tertiary/aromatic N) is 1. The summed E-state index contributed by atoms with van der Waals surface area (Å²) in [6.07, 6.45) is -4.65. The van der Waals surface area contributed by atoms with Gasteiger partial charge >= 0.3 is 0 Å². The molecule has 0 aliphatic rings. The normalized spacial score (nSPS) is 13.8. The van der Waals surface area contributed by atoms with Gasteiger partial charge in [-0.15, -0.1) is 0 Å². The van der Waals surface area contributed by atoms with Crippen LogP contribution in [-0.4, -0.2) is 16.6 Å². The predicted octanol–water partition coefficient (Wildman–Crippen LogP) is 2.25. The van der Waals surface area contributed by atoms with E-state index in [1.54, 1.807) is 0 Å². The first kappa shape index (κ1) is 9.09. The van der Waals surface area contributed by atoms with Gasteiger partial charge in [0.05, 0.1) is 0 Å². The number of halogens is 3. The van der Waals surface area contributed by atoms with E-state index in [1.807, 2.05) is 6.92 Å². The van der Waals surface area contributed by atoms with Gasteiger partial charge in [-0.3, -0.25) is 5.10 Å². The third-order valence-electron chi connectivity index (χ3n) is 1.54. The average Bonchev–Trinajstić information content (AvgIpc) is 2.50. The van der Waals surface area contributed by atoms with Crippen LogP contribution in [0.25, 0.3) is 0 Å². The summed E-state index contributed by atoms with van der Waals surface area (Å²) in [6.45, 7) is 1.83. The van der Waals surface area contributed by atoms with E-state index in [2.05, 4.69) is 10.2 Å². The number of alkyl halides is 3. The molecule has 0 saturated heterocycles. The fraction of sp³-hybridized carbons (Fsp3) is 0.571. The first-order valence-electron chi connectivity index (χ1n) is 3.61. The van der Waals surface area contributed by atoms with Crippen LogP contribution >= 0.6 is 0 Å². The van der Waals surface area contributed by atoms with Gasteiger partial charge in [-0.2, -0.15) is 5.10 Å². The molecule has 0 saturated carbocycles. The summed E-state index contributed by atoms with van der Waals surface area (Å²) >= 11 is 0. The Balaban J connectivity index is 2.74. The van der Waals surface area contributed by atoms with Crippen LogP contribution in [0.5, 0.6) is 0 Å². The molecule has 0 bridgehead atoms. The van der Waals surface area contributed by atoms with Crippen molar-refractivity contribution >= 4 is 0 Å². The van der Waals surface area contributed by atoms with Crippen molar-refractivity contribution in [2.24, 2.45) is 0 Å². The molecule has 0 aromatic carbocycles. The van der Waals surface area contributed by atoms with Gasteiger partial charge in [0.1, 0.15) is 5.69 Å². The molecule has 0 fully saturated rings. The molecule has 0 amide bonds. The molecule has 68 valence electrons. The number of aromatic amines is 1. The lowest BCUT2D eigenvalue weighted by molar-refractivity contribution is 0.0472. The van der Waals surface area contributed by atoms with Crippen LogP contribution in [0.1, 0.15) is 24.5 Å². The topological polar surface area (TPSA) is 28.7 Å². The van der Waals surface area contributed by atoms with E-state index in [4.69, 9.17) is 0 Å². The number of rotatable bonds is 3. The lowest BCUT2D eigenvalue weighted by Crippen LogP contribution is -2.03. The van der Waals surface area contributed by atoms with Crippen LogP contribution in [0.2, 0.25) is 0 Å². The average molecular weight is 178 g/mol. The van der Waals surface area contributed by atoms with Crippen molar-refractivity contribution in [3.63, 3.8) is 0 Å². The number of nitrogens with one attached hydrogen (secondary N) is 1. The molecule has 0 aliphatic carbocycles. The third kappa shape index (κ3) is 1.78. The molecule has 12 heavy (non-hydrogen) atoms. The van der Waals surface area contributed by atoms with Crippen molar-refractivity contribution in [2.45, 2.75) is 25.9 Å². The summed E-state index contributed by atoms with van der Waals surface area (Å²) in [5.41, 5.74) is 0.440. The highest BCUT2D eigenvalue weighted by Gasteiger charge is 2.23. The molecule has 1 aromatic heterocycles. The molecule has 0 radical (unpaired) electrons. The molecule has 1 N–H and O–H groups in total. The van der Waals surface area contributed by atoms with E-state index >= 15 is 0 Å². The van der Waals surface area contributed by atoms with E-state index in [0.717, 1.165) is 0 Å². The van der Waals surface area contributed by atoms with Crippen LogP contribution in [0.3, 0.4) is 0 Å².